The van der Waals surface area contributed by atoms with Crippen LogP contribution in [0.25, 0.3) is 0 Å². The standard InChI is InChI=1S/C12H6F5NO5S/c13-5-6(14)8(16)12(9(17)7(5)15)24(22,23)18-3-1-2-4(19)11(21)10(3)20/h1-2,18-21H. The summed E-state index contributed by atoms with van der Waals surface area (Å²) in [6, 6.07) is 1.37. The van der Waals surface area contributed by atoms with Crippen molar-refractivity contribution >= 4 is 15.7 Å². The third-order valence-corrected chi connectivity index (χ3v) is 4.20. The third kappa shape index (κ3) is 2.64. The smallest absolute Gasteiger partial charge is 0.268 e. The fraction of sp³-hybridized carbons (Fsp3) is 0. The van der Waals surface area contributed by atoms with Crippen LogP contribution in [0.4, 0.5) is 27.6 Å². The molecule has 2 rings (SSSR count). The maximum absolute atomic E-state index is 13.6. The molecule has 0 aromatic heterocycles. The molecule has 0 saturated carbocycles. The van der Waals surface area contributed by atoms with Crippen LogP contribution < -0.4 is 4.72 Å². The number of halogens is 5. The first kappa shape index (κ1) is 17.6. The number of benzene rings is 2. The number of hydrogen-bond donors (Lipinski definition) is 4. The van der Waals surface area contributed by atoms with Crippen molar-refractivity contribution in [2.24, 2.45) is 0 Å². The Labute approximate surface area is 130 Å². The molecular weight excluding hydrogens is 365 g/mol. The van der Waals surface area contributed by atoms with Crippen molar-refractivity contribution < 1.29 is 45.7 Å². The first-order valence-electron chi connectivity index (χ1n) is 5.77. The van der Waals surface area contributed by atoms with E-state index >= 15 is 0 Å². The Hall–Kier alpha value is -2.76. The van der Waals surface area contributed by atoms with E-state index in [1.165, 1.54) is 4.72 Å². The van der Waals surface area contributed by atoms with Crippen molar-refractivity contribution in [1.29, 1.82) is 0 Å². The van der Waals surface area contributed by atoms with E-state index < -0.39 is 66.9 Å². The van der Waals surface area contributed by atoms with E-state index in [-0.39, 0.29) is 0 Å². The number of hydrogen-bond acceptors (Lipinski definition) is 5. The second kappa shape index (κ2) is 5.70. The minimum atomic E-state index is -5.39. The lowest BCUT2D eigenvalue weighted by molar-refractivity contribution is 0.358. The largest absolute Gasteiger partial charge is 0.504 e. The second-order valence-electron chi connectivity index (χ2n) is 4.33. The van der Waals surface area contributed by atoms with Crippen molar-refractivity contribution in [2.45, 2.75) is 4.90 Å². The summed E-state index contributed by atoms with van der Waals surface area (Å²) < 4.78 is 91.4. The lowest BCUT2D eigenvalue weighted by atomic mass is 10.2. The quantitative estimate of drug-likeness (QED) is 0.218. The zero-order valence-corrected chi connectivity index (χ0v) is 11.9. The lowest BCUT2D eigenvalue weighted by Gasteiger charge is -2.13. The predicted octanol–water partition coefficient (Wildman–Crippen LogP) is 2.30. The van der Waals surface area contributed by atoms with E-state index in [0.29, 0.717) is 12.1 Å². The molecule has 0 aliphatic rings. The molecule has 130 valence electrons. The summed E-state index contributed by atoms with van der Waals surface area (Å²) in [4.78, 5) is -2.18. The Morgan fingerprint density at radius 2 is 1.21 bits per heavy atom. The molecule has 2 aromatic rings. The summed E-state index contributed by atoms with van der Waals surface area (Å²) >= 11 is 0. The van der Waals surface area contributed by atoms with Crippen molar-refractivity contribution in [3.8, 4) is 17.2 Å². The average molecular weight is 371 g/mol. The van der Waals surface area contributed by atoms with Gasteiger partial charge in [-0.1, -0.05) is 0 Å². The van der Waals surface area contributed by atoms with Gasteiger partial charge in [-0.25, -0.2) is 30.4 Å². The molecule has 2 aromatic carbocycles. The van der Waals surface area contributed by atoms with Gasteiger partial charge in [0.05, 0.1) is 5.69 Å². The highest BCUT2D eigenvalue weighted by Gasteiger charge is 2.34. The van der Waals surface area contributed by atoms with Crippen molar-refractivity contribution in [1.82, 2.24) is 0 Å². The van der Waals surface area contributed by atoms with Gasteiger partial charge in [-0.2, -0.15) is 0 Å². The van der Waals surface area contributed by atoms with Crippen molar-refractivity contribution in [3.63, 3.8) is 0 Å². The third-order valence-electron chi connectivity index (χ3n) is 2.81. The number of phenolic OH excluding ortho intramolecular Hbond substituents is 3. The van der Waals surface area contributed by atoms with E-state index in [9.17, 15) is 40.6 Å². The first-order chi connectivity index (χ1) is 11.0. The maximum Gasteiger partial charge on any atom is 0.268 e. The van der Waals surface area contributed by atoms with Gasteiger partial charge in [0, 0.05) is 0 Å². The molecule has 0 bridgehead atoms. The maximum atomic E-state index is 13.6. The molecule has 0 unspecified atom stereocenters. The number of anilines is 1. The van der Waals surface area contributed by atoms with Gasteiger partial charge in [-0.05, 0) is 12.1 Å². The van der Waals surface area contributed by atoms with Gasteiger partial charge in [0.25, 0.3) is 10.0 Å². The molecule has 0 fully saturated rings. The minimum Gasteiger partial charge on any atom is -0.504 e. The van der Waals surface area contributed by atoms with Crippen LogP contribution in [0.5, 0.6) is 17.2 Å². The zero-order chi connectivity index (χ0) is 18.4. The number of rotatable bonds is 3. The van der Waals surface area contributed by atoms with Gasteiger partial charge in [0.2, 0.25) is 11.6 Å². The van der Waals surface area contributed by atoms with Crippen LogP contribution in [0, 0.1) is 29.1 Å². The highest BCUT2D eigenvalue weighted by Crippen LogP contribution is 2.41. The Kier molecular flexibility index (Phi) is 4.18. The van der Waals surface area contributed by atoms with Gasteiger partial charge in [0.15, 0.2) is 39.7 Å². The molecule has 0 saturated heterocycles. The van der Waals surface area contributed by atoms with Crippen LogP contribution in [-0.2, 0) is 10.0 Å². The highest BCUT2D eigenvalue weighted by molar-refractivity contribution is 7.92. The molecule has 0 radical (unpaired) electrons. The van der Waals surface area contributed by atoms with Gasteiger partial charge in [-0.15, -0.1) is 0 Å². The van der Waals surface area contributed by atoms with Crippen LogP contribution in [0.3, 0.4) is 0 Å². The van der Waals surface area contributed by atoms with E-state index in [0.717, 1.165) is 0 Å². The van der Waals surface area contributed by atoms with E-state index in [1.807, 2.05) is 0 Å². The van der Waals surface area contributed by atoms with Gasteiger partial charge in [0.1, 0.15) is 0 Å². The summed E-state index contributed by atoms with van der Waals surface area (Å²) in [5, 5.41) is 27.8. The number of sulfonamides is 1. The molecule has 0 spiro atoms. The van der Waals surface area contributed by atoms with E-state index in [2.05, 4.69) is 0 Å². The van der Waals surface area contributed by atoms with Crippen LogP contribution in [0.15, 0.2) is 17.0 Å². The summed E-state index contributed by atoms with van der Waals surface area (Å²) in [5.41, 5.74) is -0.880. The summed E-state index contributed by atoms with van der Waals surface area (Å²) in [6.07, 6.45) is 0. The Morgan fingerprint density at radius 1 is 0.750 bits per heavy atom. The Bertz CT molecular complexity index is 919. The van der Waals surface area contributed by atoms with Gasteiger partial charge in [-0.3, -0.25) is 4.72 Å². The lowest BCUT2D eigenvalue weighted by Crippen LogP contribution is -2.19. The van der Waals surface area contributed by atoms with Crippen molar-refractivity contribution in [3.05, 3.63) is 41.2 Å². The van der Waals surface area contributed by atoms with Gasteiger partial charge < -0.3 is 15.3 Å². The first-order valence-corrected chi connectivity index (χ1v) is 7.25. The highest BCUT2D eigenvalue weighted by atomic mass is 32.2. The summed E-state index contributed by atoms with van der Waals surface area (Å²) in [6.45, 7) is 0. The van der Waals surface area contributed by atoms with Crippen LogP contribution in [0.2, 0.25) is 0 Å². The summed E-state index contributed by atoms with van der Waals surface area (Å²) in [5.74, 6) is -16.0. The second-order valence-corrected chi connectivity index (χ2v) is 5.95. The summed E-state index contributed by atoms with van der Waals surface area (Å²) in [7, 11) is -5.39. The molecule has 0 atom stereocenters. The average Bonchev–Trinajstić information content (AvgIpc) is 2.51. The van der Waals surface area contributed by atoms with Crippen LogP contribution >= 0.6 is 0 Å². The molecule has 6 nitrogen and oxygen atoms in total. The fourth-order valence-electron chi connectivity index (χ4n) is 1.67. The molecule has 4 N–H and O–H groups in total. The Balaban J connectivity index is 2.64. The Morgan fingerprint density at radius 3 is 1.71 bits per heavy atom. The molecule has 0 heterocycles. The van der Waals surface area contributed by atoms with Crippen LogP contribution in [0.1, 0.15) is 0 Å². The SMILES string of the molecule is O=S(=O)(Nc1ccc(O)c(O)c1O)c1c(F)c(F)c(F)c(F)c1F. The molecule has 0 aliphatic carbocycles. The molecule has 0 aliphatic heterocycles. The molecule has 0 amide bonds. The van der Waals surface area contributed by atoms with Gasteiger partial charge >= 0.3 is 0 Å². The zero-order valence-electron chi connectivity index (χ0n) is 11.1. The topological polar surface area (TPSA) is 107 Å². The van der Waals surface area contributed by atoms with E-state index in [1.54, 1.807) is 0 Å². The van der Waals surface area contributed by atoms with Crippen molar-refractivity contribution in [2.75, 3.05) is 4.72 Å². The number of nitrogens with one attached hydrogen (secondary N) is 1. The predicted molar refractivity (Wildman–Crippen MR) is 68.5 cm³/mol. The van der Waals surface area contributed by atoms with Crippen LogP contribution in [-0.4, -0.2) is 23.7 Å². The fourth-order valence-corrected chi connectivity index (χ4v) is 2.88. The normalized spacial score (nSPS) is 11.5. The van der Waals surface area contributed by atoms with E-state index in [4.69, 9.17) is 5.11 Å². The minimum absolute atomic E-state index is 0.675. The molecule has 12 heteroatoms. The molecular formula is C12H6F5NO5S. The number of aromatic hydroxyl groups is 3. The molecule has 24 heavy (non-hydrogen) atoms. The number of phenols is 3. The monoisotopic (exact) mass is 371 g/mol.